The van der Waals surface area contributed by atoms with Crippen molar-refractivity contribution < 1.29 is 65.5 Å². The van der Waals surface area contributed by atoms with Gasteiger partial charge < -0.3 is 0 Å². The van der Waals surface area contributed by atoms with Crippen LogP contribution >= 0.6 is 0 Å². The molecule has 0 heterocycles. The van der Waals surface area contributed by atoms with E-state index in [9.17, 15) is 0 Å². The molecule has 0 N–H and O–H groups in total. The Morgan fingerprint density at radius 3 is 1.25 bits per heavy atom. The van der Waals surface area contributed by atoms with Crippen molar-refractivity contribution in [2.24, 2.45) is 0 Å². The number of rotatable bonds is 0. The van der Waals surface area contributed by atoms with E-state index < -0.39 is 0 Å². The van der Waals surface area contributed by atoms with Gasteiger partial charge in [-0.3, -0.25) is 0 Å². The zero-order valence-electron chi connectivity index (χ0n) is 1.41. The Balaban J connectivity index is -0.00000000500. The zero-order valence-corrected chi connectivity index (χ0v) is 6.11. The number of hydrogen-bond acceptors (Lipinski definition) is 1. The maximum absolute atomic E-state index is 8.25. The first-order valence-corrected chi connectivity index (χ1v) is 0.842. The van der Waals surface area contributed by atoms with Gasteiger partial charge in [0.25, 0.3) is 0 Å². The summed E-state index contributed by atoms with van der Waals surface area (Å²) in [5.41, 5.74) is 0. The van der Waals surface area contributed by atoms with Crippen molar-refractivity contribution >= 4 is 18.9 Å². The van der Waals surface area contributed by atoms with E-state index in [1.807, 2.05) is 0 Å². The third kappa shape index (κ3) is 8.82. The molecule has 4 heavy (non-hydrogen) atoms. The molecule has 0 unspecified atom stereocenters. The van der Waals surface area contributed by atoms with Gasteiger partial charge in [-0.25, -0.2) is 0 Å². The SMILES string of the molecule is [Ce].[LiH].[O]=[Ti]. The average Bonchev–Trinajstić information content (AvgIpc) is 1.00. The van der Waals surface area contributed by atoms with Crippen LogP contribution < -0.4 is 0 Å². The predicted octanol–water partition coefficient (Wildman–Crippen LogP) is -0.770. The molecule has 0 saturated heterocycles. The van der Waals surface area contributed by atoms with Crippen LogP contribution in [0.1, 0.15) is 0 Å². The van der Waals surface area contributed by atoms with E-state index in [0.717, 1.165) is 20.4 Å². The fourth-order valence-corrected chi connectivity index (χ4v) is 0. The van der Waals surface area contributed by atoms with E-state index >= 15 is 0 Å². The molecule has 0 fully saturated rings. The van der Waals surface area contributed by atoms with E-state index in [-0.39, 0.29) is 60.6 Å². The summed E-state index contributed by atoms with van der Waals surface area (Å²) in [5, 5.41) is 0. The van der Waals surface area contributed by atoms with E-state index in [2.05, 4.69) is 0 Å². The van der Waals surface area contributed by atoms with Crippen molar-refractivity contribution in [1.82, 2.24) is 0 Å². The molecule has 0 aromatic carbocycles. The first-order valence-electron chi connectivity index (χ1n) is 0.204. The standard InChI is InChI=1S/Ce.Li.O.Ti.H. The molecule has 0 aromatic rings. The zero-order chi connectivity index (χ0) is 2.00. The van der Waals surface area contributed by atoms with Gasteiger partial charge in [0.05, 0.1) is 0 Å². The van der Waals surface area contributed by atoms with Gasteiger partial charge in [-0.2, -0.15) is 0 Å². The molecule has 0 aliphatic heterocycles. The van der Waals surface area contributed by atoms with Crippen LogP contribution in [0, 0.1) is 41.7 Å². The van der Waals surface area contributed by atoms with Gasteiger partial charge in [0.15, 0.2) is 0 Å². The molecule has 0 amide bonds. The second-order valence-electron chi connectivity index (χ2n) is 0. The van der Waals surface area contributed by atoms with Crippen molar-refractivity contribution in [2.45, 2.75) is 0 Å². The molecule has 16 valence electrons. The van der Waals surface area contributed by atoms with Gasteiger partial charge >= 0.3 is 42.6 Å². The van der Waals surface area contributed by atoms with Crippen LogP contribution in [-0.4, -0.2) is 18.9 Å². The van der Waals surface area contributed by atoms with Gasteiger partial charge in [0.2, 0.25) is 0 Å². The van der Waals surface area contributed by atoms with Crippen LogP contribution in [-0.2, 0) is 23.7 Å². The fourth-order valence-electron chi connectivity index (χ4n) is 0. The van der Waals surface area contributed by atoms with Crippen molar-refractivity contribution in [3.63, 3.8) is 0 Å². The topological polar surface area (TPSA) is 17.1 Å². The normalized spacial score (nSPS) is 0.750. The molecule has 0 aliphatic rings. The summed E-state index contributed by atoms with van der Waals surface area (Å²) in [5.74, 6) is 0. The molecule has 0 aromatic heterocycles. The molecule has 0 atom stereocenters. The third-order valence-electron chi connectivity index (χ3n) is 0. The van der Waals surface area contributed by atoms with Gasteiger partial charge in [-0.05, 0) is 0 Å². The quantitative estimate of drug-likeness (QED) is 0.482. The molecular formula is HCeLiOTi. The van der Waals surface area contributed by atoms with E-state index in [0.29, 0.717) is 0 Å². The summed E-state index contributed by atoms with van der Waals surface area (Å²) in [6.45, 7) is 0. The Bertz CT molecular complexity index is 8.00. The minimum atomic E-state index is 0. The molecule has 4 heteroatoms. The number of hydrogen-bond donors (Lipinski definition) is 0. The minimum absolute atomic E-state index is 0. The Morgan fingerprint density at radius 1 is 1.25 bits per heavy atom. The molecule has 0 radical (unpaired) electrons. The summed E-state index contributed by atoms with van der Waals surface area (Å²) in [6, 6.07) is 0. The molecule has 0 rings (SSSR count). The summed E-state index contributed by atoms with van der Waals surface area (Å²) in [7, 11) is 0. The van der Waals surface area contributed by atoms with Crippen molar-refractivity contribution in [2.75, 3.05) is 0 Å². The van der Waals surface area contributed by atoms with E-state index in [1.165, 1.54) is 0 Å². The second-order valence-corrected chi connectivity index (χ2v) is 0. The van der Waals surface area contributed by atoms with Crippen LogP contribution in [0.5, 0.6) is 0 Å². The van der Waals surface area contributed by atoms with Gasteiger partial charge in [-0.15, -0.1) is 0 Å². The molecule has 0 aliphatic carbocycles. The molecule has 1 nitrogen and oxygen atoms in total. The third-order valence-corrected chi connectivity index (χ3v) is 0. The van der Waals surface area contributed by atoms with Crippen LogP contribution in [0.2, 0.25) is 0 Å². The van der Waals surface area contributed by atoms with Crippen molar-refractivity contribution in [3.8, 4) is 0 Å². The molecule has 0 saturated carbocycles. The fraction of sp³-hybridized carbons (Fsp3) is 0. The Morgan fingerprint density at radius 2 is 1.25 bits per heavy atom. The van der Waals surface area contributed by atoms with Crippen LogP contribution in [0.25, 0.3) is 0 Å². The molecule has 0 spiro atoms. The summed E-state index contributed by atoms with van der Waals surface area (Å²) < 4.78 is 8.25. The van der Waals surface area contributed by atoms with Gasteiger partial charge in [-0.1, -0.05) is 0 Å². The van der Waals surface area contributed by atoms with Gasteiger partial charge in [0.1, 0.15) is 0 Å². The molecular weight excluding hydrogens is 211 g/mol. The Hall–Kier alpha value is 2.49. The van der Waals surface area contributed by atoms with E-state index in [1.54, 1.807) is 0 Å². The maximum atomic E-state index is 8.25. The monoisotopic (exact) mass is 212 g/mol. The summed E-state index contributed by atoms with van der Waals surface area (Å²) in [4.78, 5) is 0. The summed E-state index contributed by atoms with van der Waals surface area (Å²) >= 11 is 0.750. The van der Waals surface area contributed by atoms with Crippen molar-refractivity contribution in [1.29, 1.82) is 0 Å². The Kier molecular flexibility index (Phi) is 71.7. The second kappa shape index (κ2) is 17.9. The van der Waals surface area contributed by atoms with Crippen LogP contribution in [0.15, 0.2) is 0 Å². The van der Waals surface area contributed by atoms with Crippen LogP contribution in [0.3, 0.4) is 0 Å². The Labute approximate surface area is 82.6 Å². The first-order chi connectivity index (χ1) is 1.00. The van der Waals surface area contributed by atoms with Crippen LogP contribution in [0.4, 0.5) is 0 Å². The molecule has 0 bridgehead atoms. The predicted molar refractivity (Wildman–Crippen MR) is 7.84 cm³/mol. The summed E-state index contributed by atoms with van der Waals surface area (Å²) in [6.07, 6.45) is 0. The van der Waals surface area contributed by atoms with E-state index in [4.69, 9.17) is 3.32 Å². The van der Waals surface area contributed by atoms with Crippen molar-refractivity contribution in [3.05, 3.63) is 0 Å². The average molecular weight is 212 g/mol. The first kappa shape index (κ1) is 16.1. The van der Waals surface area contributed by atoms with Gasteiger partial charge in [0, 0.05) is 41.7 Å².